The smallest absolute Gasteiger partial charge is 0.224 e. The molecule has 1 aromatic carbocycles. The summed E-state index contributed by atoms with van der Waals surface area (Å²) in [6.07, 6.45) is 3.81. The molecular weight excluding hydrogens is 219 g/mol. The van der Waals surface area contributed by atoms with E-state index < -0.39 is 5.82 Å². The van der Waals surface area contributed by atoms with Gasteiger partial charge in [0.15, 0.2) is 0 Å². The molecule has 0 radical (unpaired) electrons. The van der Waals surface area contributed by atoms with Crippen LogP contribution in [0.1, 0.15) is 31.2 Å². The van der Waals surface area contributed by atoms with Crippen LogP contribution in [0.5, 0.6) is 0 Å². The Bertz CT molecular complexity index is 475. The van der Waals surface area contributed by atoms with Crippen LogP contribution in [-0.4, -0.2) is 5.91 Å². The Kier molecular flexibility index (Phi) is 3.38. The van der Waals surface area contributed by atoms with Gasteiger partial charge < -0.3 is 5.32 Å². The third kappa shape index (κ3) is 2.82. The number of nitrogens with one attached hydrogen (secondary N) is 1. The number of rotatable bonds is 3. The molecule has 1 aliphatic carbocycles. The molecule has 0 atom stereocenters. The van der Waals surface area contributed by atoms with Gasteiger partial charge in [-0.2, -0.15) is 5.26 Å². The van der Waals surface area contributed by atoms with Crippen molar-refractivity contribution in [1.29, 1.82) is 5.26 Å². The summed E-state index contributed by atoms with van der Waals surface area (Å²) < 4.78 is 13.5. The Labute approximate surface area is 99.2 Å². The Balaban J connectivity index is 1.98. The van der Waals surface area contributed by atoms with Crippen LogP contribution in [0.15, 0.2) is 18.2 Å². The number of nitriles is 1. The first-order valence-electron chi connectivity index (χ1n) is 5.68. The molecule has 3 nitrogen and oxygen atoms in total. The van der Waals surface area contributed by atoms with Crippen LogP contribution < -0.4 is 5.32 Å². The summed E-state index contributed by atoms with van der Waals surface area (Å²) in [6, 6.07) is 5.88. The molecule has 0 aliphatic heterocycles. The molecule has 2 rings (SSSR count). The average molecular weight is 232 g/mol. The van der Waals surface area contributed by atoms with Crippen molar-refractivity contribution in [2.45, 2.75) is 25.7 Å². The van der Waals surface area contributed by atoms with E-state index in [2.05, 4.69) is 5.32 Å². The van der Waals surface area contributed by atoms with E-state index in [9.17, 15) is 9.18 Å². The SMILES string of the molecule is N#Cc1ccc(NC(=O)CC2CCC2)c(F)c1. The molecule has 1 amide bonds. The molecule has 0 saturated heterocycles. The maximum absolute atomic E-state index is 13.5. The van der Waals surface area contributed by atoms with E-state index in [-0.39, 0.29) is 17.2 Å². The summed E-state index contributed by atoms with van der Waals surface area (Å²) in [5.41, 5.74) is 0.396. The zero-order chi connectivity index (χ0) is 12.3. The molecule has 1 aromatic rings. The lowest BCUT2D eigenvalue weighted by atomic mass is 9.83. The van der Waals surface area contributed by atoms with Gasteiger partial charge in [-0.3, -0.25) is 4.79 Å². The second-order valence-electron chi connectivity index (χ2n) is 4.36. The molecule has 88 valence electrons. The normalized spacial score (nSPS) is 14.8. The van der Waals surface area contributed by atoms with Gasteiger partial charge in [0.1, 0.15) is 5.82 Å². The van der Waals surface area contributed by atoms with E-state index in [0.29, 0.717) is 12.3 Å². The van der Waals surface area contributed by atoms with Crippen LogP contribution in [0.3, 0.4) is 0 Å². The van der Waals surface area contributed by atoms with Crippen molar-refractivity contribution in [3.63, 3.8) is 0 Å². The molecule has 0 heterocycles. The average Bonchev–Trinajstić information content (AvgIpc) is 2.26. The second kappa shape index (κ2) is 4.96. The van der Waals surface area contributed by atoms with Gasteiger partial charge in [-0.05, 0) is 37.0 Å². The van der Waals surface area contributed by atoms with Crippen LogP contribution in [0, 0.1) is 23.1 Å². The number of halogens is 1. The monoisotopic (exact) mass is 232 g/mol. The topological polar surface area (TPSA) is 52.9 Å². The number of carbonyl (C=O) groups is 1. The molecule has 1 fully saturated rings. The second-order valence-corrected chi connectivity index (χ2v) is 4.36. The first-order valence-corrected chi connectivity index (χ1v) is 5.68. The maximum atomic E-state index is 13.5. The molecule has 0 bridgehead atoms. The third-order valence-electron chi connectivity index (χ3n) is 3.07. The fourth-order valence-corrected chi connectivity index (χ4v) is 1.85. The molecule has 1 aliphatic rings. The van der Waals surface area contributed by atoms with Crippen LogP contribution in [0.2, 0.25) is 0 Å². The minimum atomic E-state index is -0.564. The van der Waals surface area contributed by atoms with E-state index in [1.54, 1.807) is 0 Å². The van der Waals surface area contributed by atoms with E-state index in [1.165, 1.54) is 18.6 Å². The zero-order valence-electron chi connectivity index (χ0n) is 9.37. The molecule has 17 heavy (non-hydrogen) atoms. The van der Waals surface area contributed by atoms with E-state index in [1.807, 2.05) is 6.07 Å². The molecule has 0 spiro atoms. The van der Waals surface area contributed by atoms with Crippen LogP contribution in [0.25, 0.3) is 0 Å². The van der Waals surface area contributed by atoms with Crippen LogP contribution in [-0.2, 0) is 4.79 Å². The fourth-order valence-electron chi connectivity index (χ4n) is 1.85. The molecular formula is C13H13FN2O. The van der Waals surface area contributed by atoms with Gasteiger partial charge in [0, 0.05) is 6.42 Å². The Morgan fingerprint density at radius 3 is 2.82 bits per heavy atom. The standard InChI is InChI=1S/C13H13FN2O/c14-11-6-10(8-15)4-5-12(11)16-13(17)7-9-2-1-3-9/h4-6,9H,1-3,7H2,(H,16,17). The van der Waals surface area contributed by atoms with Crippen molar-refractivity contribution in [3.05, 3.63) is 29.6 Å². The number of anilines is 1. The highest BCUT2D eigenvalue weighted by Gasteiger charge is 2.21. The van der Waals surface area contributed by atoms with Gasteiger partial charge in [0.25, 0.3) is 0 Å². The Morgan fingerprint density at radius 1 is 1.53 bits per heavy atom. The number of benzene rings is 1. The van der Waals surface area contributed by atoms with Crippen molar-refractivity contribution in [2.24, 2.45) is 5.92 Å². The molecule has 1 N–H and O–H groups in total. The quantitative estimate of drug-likeness (QED) is 0.871. The van der Waals surface area contributed by atoms with Crippen molar-refractivity contribution in [2.75, 3.05) is 5.32 Å². The zero-order valence-corrected chi connectivity index (χ0v) is 9.37. The first kappa shape index (κ1) is 11.6. The summed E-state index contributed by atoms with van der Waals surface area (Å²) in [5, 5.41) is 11.1. The van der Waals surface area contributed by atoms with E-state index >= 15 is 0 Å². The largest absolute Gasteiger partial charge is 0.324 e. The van der Waals surface area contributed by atoms with Gasteiger partial charge in [0.2, 0.25) is 5.91 Å². The predicted octanol–water partition coefficient (Wildman–Crippen LogP) is 2.83. The highest BCUT2D eigenvalue weighted by molar-refractivity contribution is 5.91. The van der Waals surface area contributed by atoms with E-state index in [0.717, 1.165) is 18.9 Å². The van der Waals surface area contributed by atoms with Crippen LogP contribution >= 0.6 is 0 Å². The van der Waals surface area contributed by atoms with E-state index in [4.69, 9.17) is 5.26 Å². The van der Waals surface area contributed by atoms with Crippen molar-refractivity contribution in [3.8, 4) is 6.07 Å². The van der Waals surface area contributed by atoms with Crippen molar-refractivity contribution < 1.29 is 9.18 Å². The number of nitrogens with zero attached hydrogens (tertiary/aromatic N) is 1. The number of hydrogen-bond acceptors (Lipinski definition) is 2. The van der Waals surface area contributed by atoms with Crippen molar-refractivity contribution in [1.82, 2.24) is 0 Å². The van der Waals surface area contributed by atoms with Gasteiger partial charge in [-0.1, -0.05) is 6.42 Å². The lowest BCUT2D eigenvalue weighted by molar-refractivity contribution is -0.117. The van der Waals surface area contributed by atoms with Crippen molar-refractivity contribution >= 4 is 11.6 Å². The lowest BCUT2D eigenvalue weighted by Crippen LogP contribution is -2.21. The molecule has 0 unspecified atom stereocenters. The molecule has 0 aromatic heterocycles. The highest BCUT2D eigenvalue weighted by atomic mass is 19.1. The minimum Gasteiger partial charge on any atom is -0.324 e. The van der Waals surface area contributed by atoms with Gasteiger partial charge >= 0.3 is 0 Å². The summed E-state index contributed by atoms with van der Waals surface area (Å²) in [4.78, 5) is 11.6. The number of hydrogen-bond donors (Lipinski definition) is 1. The number of amides is 1. The van der Waals surface area contributed by atoms with Gasteiger partial charge in [-0.15, -0.1) is 0 Å². The summed E-state index contributed by atoms with van der Waals surface area (Å²) in [5.74, 6) is -0.263. The summed E-state index contributed by atoms with van der Waals surface area (Å²) in [6.45, 7) is 0. The minimum absolute atomic E-state index is 0.147. The van der Waals surface area contributed by atoms with Gasteiger partial charge in [0.05, 0.1) is 17.3 Å². The third-order valence-corrected chi connectivity index (χ3v) is 3.07. The fraction of sp³-hybridized carbons (Fsp3) is 0.385. The predicted molar refractivity (Wildman–Crippen MR) is 61.7 cm³/mol. The Morgan fingerprint density at radius 2 is 2.29 bits per heavy atom. The van der Waals surface area contributed by atoms with Gasteiger partial charge in [-0.25, -0.2) is 4.39 Å². The summed E-state index contributed by atoms with van der Waals surface area (Å²) in [7, 11) is 0. The molecule has 4 heteroatoms. The molecule has 1 saturated carbocycles. The lowest BCUT2D eigenvalue weighted by Gasteiger charge is -2.24. The van der Waals surface area contributed by atoms with Crippen LogP contribution in [0.4, 0.5) is 10.1 Å². The maximum Gasteiger partial charge on any atom is 0.224 e. The number of carbonyl (C=O) groups excluding carboxylic acids is 1. The first-order chi connectivity index (χ1) is 8.19. The Hall–Kier alpha value is -1.89. The summed E-state index contributed by atoms with van der Waals surface area (Å²) >= 11 is 0. The highest BCUT2D eigenvalue weighted by Crippen LogP contribution is 2.29.